The second-order valence-electron chi connectivity index (χ2n) is 7.83. The Morgan fingerprint density at radius 2 is 1.67 bits per heavy atom. The molecule has 0 saturated heterocycles. The highest BCUT2D eigenvalue weighted by atomic mass is 32.2. The number of nitrogens with one attached hydrogen (secondary N) is 1. The molecule has 0 bridgehead atoms. The van der Waals surface area contributed by atoms with Crippen LogP contribution in [-0.4, -0.2) is 39.3 Å². The fourth-order valence-corrected chi connectivity index (χ4v) is 5.34. The Morgan fingerprint density at radius 3 is 2.31 bits per heavy atom. The summed E-state index contributed by atoms with van der Waals surface area (Å²) < 4.78 is 41.9. The van der Waals surface area contributed by atoms with Crippen molar-refractivity contribution in [2.75, 3.05) is 25.3 Å². The third-order valence-corrected chi connectivity index (χ3v) is 8.23. The molecule has 10 heteroatoms. The molecule has 1 atom stereocenters. The number of hydrogen-bond donors (Lipinski definition) is 1. The highest BCUT2D eigenvalue weighted by molar-refractivity contribution is 7.91. The maximum Gasteiger partial charge on any atom is 0.259 e. The molecular weight excluding hydrogens is 500 g/mol. The Labute approximate surface area is 213 Å². The van der Waals surface area contributed by atoms with Crippen LogP contribution in [-0.2, 0) is 26.0 Å². The van der Waals surface area contributed by atoms with Gasteiger partial charge in [-0.2, -0.15) is 0 Å². The van der Waals surface area contributed by atoms with E-state index < -0.39 is 21.8 Å². The monoisotopic (exact) mass is 526 g/mol. The topological polar surface area (TPSA) is 104 Å². The van der Waals surface area contributed by atoms with Gasteiger partial charge in [-0.05, 0) is 23.3 Å². The lowest BCUT2D eigenvalue weighted by Gasteiger charge is -2.18. The number of anilines is 1. The lowest BCUT2D eigenvalue weighted by Crippen LogP contribution is -2.23. The van der Waals surface area contributed by atoms with E-state index in [1.807, 2.05) is 30.3 Å². The Balaban J connectivity index is 1.61. The molecule has 0 spiro atoms. The van der Waals surface area contributed by atoms with Gasteiger partial charge in [0.25, 0.3) is 5.91 Å². The summed E-state index contributed by atoms with van der Waals surface area (Å²) >= 11 is 1.30. The van der Waals surface area contributed by atoms with Crippen molar-refractivity contribution in [3.63, 3.8) is 0 Å². The molecule has 1 heterocycles. The number of amides is 1. The molecule has 8 nitrogen and oxygen atoms in total. The van der Waals surface area contributed by atoms with Crippen molar-refractivity contribution < 1.29 is 27.4 Å². The van der Waals surface area contributed by atoms with Gasteiger partial charge in [-0.15, -0.1) is 0 Å². The SMILES string of the molecule is CCS(=O)(=O)c1ccc(C(OCc2ccccc2)C(=O)Nc2nc3cc(OC)c(OC)cc3s2)cc1. The van der Waals surface area contributed by atoms with Crippen LogP contribution in [0.3, 0.4) is 0 Å². The highest BCUT2D eigenvalue weighted by Crippen LogP contribution is 2.36. The first-order chi connectivity index (χ1) is 17.3. The average Bonchev–Trinajstić information content (AvgIpc) is 3.29. The zero-order chi connectivity index (χ0) is 25.7. The molecule has 36 heavy (non-hydrogen) atoms. The van der Waals surface area contributed by atoms with E-state index in [0.717, 1.165) is 10.3 Å². The van der Waals surface area contributed by atoms with Crippen LogP contribution in [0.5, 0.6) is 11.5 Å². The van der Waals surface area contributed by atoms with Crippen LogP contribution in [0.15, 0.2) is 71.6 Å². The van der Waals surface area contributed by atoms with Gasteiger partial charge >= 0.3 is 0 Å². The maximum absolute atomic E-state index is 13.4. The third-order valence-electron chi connectivity index (χ3n) is 5.54. The van der Waals surface area contributed by atoms with Crippen molar-refractivity contribution in [2.45, 2.75) is 24.5 Å². The zero-order valence-corrected chi connectivity index (χ0v) is 21.7. The molecule has 0 radical (unpaired) electrons. The second-order valence-corrected chi connectivity index (χ2v) is 11.1. The predicted molar refractivity (Wildman–Crippen MR) is 139 cm³/mol. The summed E-state index contributed by atoms with van der Waals surface area (Å²) in [6.07, 6.45) is -0.986. The number of methoxy groups -OCH3 is 2. The fraction of sp³-hybridized carbons (Fsp3) is 0.231. The zero-order valence-electron chi connectivity index (χ0n) is 20.1. The van der Waals surface area contributed by atoms with Gasteiger partial charge in [0.15, 0.2) is 32.6 Å². The predicted octanol–water partition coefficient (Wildman–Crippen LogP) is 5.00. The molecule has 0 aliphatic heterocycles. The van der Waals surface area contributed by atoms with E-state index in [9.17, 15) is 13.2 Å². The molecule has 0 saturated carbocycles. The molecule has 4 rings (SSSR count). The summed E-state index contributed by atoms with van der Waals surface area (Å²) in [5, 5.41) is 3.23. The maximum atomic E-state index is 13.4. The Bertz CT molecular complexity index is 1410. The normalized spacial score (nSPS) is 12.3. The summed E-state index contributed by atoms with van der Waals surface area (Å²) in [5.41, 5.74) is 2.09. The molecule has 1 aromatic heterocycles. The summed E-state index contributed by atoms with van der Waals surface area (Å²) in [4.78, 5) is 18.1. The van der Waals surface area contributed by atoms with Gasteiger partial charge in [0.1, 0.15) is 0 Å². The second kappa shape index (κ2) is 11.1. The molecule has 1 unspecified atom stereocenters. The number of nitrogens with zero attached hydrogens (tertiary/aromatic N) is 1. The number of carbonyl (C=O) groups is 1. The largest absolute Gasteiger partial charge is 0.493 e. The first-order valence-corrected chi connectivity index (χ1v) is 13.6. The van der Waals surface area contributed by atoms with Crippen molar-refractivity contribution in [1.82, 2.24) is 4.98 Å². The number of thiazole rings is 1. The van der Waals surface area contributed by atoms with Crippen LogP contribution < -0.4 is 14.8 Å². The van der Waals surface area contributed by atoms with Crippen molar-refractivity contribution in [1.29, 1.82) is 0 Å². The lowest BCUT2D eigenvalue weighted by atomic mass is 10.1. The van der Waals surface area contributed by atoms with E-state index in [2.05, 4.69) is 10.3 Å². The van der Waals surface area contributed by atoms with Crippen molar-refractivity contribution in [3.8, 4) is 11.5 Å². The van der Waals surface area contributed by atoms with Crippen molar-refractivity contribution in [2.24, 2.45) is 0 Å². The van der Waals surface area contributed by atoms with Crippen molar-refractivity contribution >= 4 is 42.4 Å². The summed E-state index contributed by atoms with van der Waals surface area (Å²) in [6.45, 7) is 1.79. The van der Waals surface area contributed by atoms with Gasteiger partial charge in [-0.25, -0.2) is 13.4 Å². The third kappa shape index (κ3) is 5.67. The van der Waals surface area contributed by atoms with Gasteiger partial charge in [0.05, 0.1) is 41.7 Å². The molecule has 3 aromatic carbocycles. The minimum absolute atomic E-state index is 0.00601. The number of sulfone groups is 1. The average molecular weight is 527 g/mol. The fourth-order valence-electron chi connectivity index (χ4n) is 3.57. The minimum atomic E-state index is -3.36. The molecule has 0 fully saturated rings. The number of rotatable bonds is 10. The number of benzene rings is 3. The van der Waals surface area contributed by atoms with Crippen LogP contribution >= 0.6 is 11.3 Å². The Kier molecular flexibility index (Phi) is 7.88. The quantitative estimate of drug-likeness (QED) is 0.310. The Hall–Kier alpha value is -3.47. The first kappa shape index (κ1) is 25.6. The molecule has 188 valence electrons. The first-order valence-electron chi connectivity index (χ1n) is 11.2. The van der Waals surface area contributed by atoms with E-state index in [1.54, 1.807) is 45.4 Å². The van der Waals surface area contributed by atoms with Crippen LogP contribution in [0.4, 0.5) is 5.13 Å². The molecule has 0 aliphatic carbocycles. The Morgan fingerprint density at radius 1 is 1.00 bits per heavy atom. The van der Waals surface area contributed by atoms with Gasteiger partial charge in [-0.1, -0.05) is 60.7 Å². The molecular formula is C26H26N2O6S2. The molecule has 1 N–H and O–H groups in total. The van der Waals surface area contributed by atoms with E-state index >= 15 is 0 Å². The van der Waals surface area contributed by atoms with Crippen molar-refractivity contribution in [3.05, 3.63) is 77.9 Å². The number of ether oxygens (including phenoxy) is 3. The molecule has 4 aromatic rings. The molecule has 0 aliphatic rings. The number of aromatic nitrogens is 1. The summed E-state index contributed by atoms with van der Waals surface area (Å²) in [6, 6.07) is 19.2. The smallest absolute Gasteiger partial charge is 0.259 e. The van der Waals surface area contributed by atoms with E-state index in [4.69, 9.17) is 14.2 Å². The standard InChI is InChI=1S/C26H26N2O6S2/c1-4-36(30,31)19-12-10-18(11-13-19)24(34-16-17-8-6-5-7-9-17)25(29)28-26-27-20-14-21(32-2)22(33-3)15-23(20)35-26/h5-15,24H,4,16H2,1-3H3,(H,27,28,29). The summed E-state index contributed by atoms with van der Waals surface area (Å²) in [7, 11) is -0.261. The molecule has 1 amide bonds. The van der Waals surface area contributed by atoms with E-state index in [-0.39, 0.29) is 17.3 Å². The van der Waals surface area contributed by atoms with E-state index in [1.165, 1.54) is 23.5 Å². The minimum Gasteiger partial charge on any atom is -0.493 e. The van der Waals surface area contributed by atoms with Crippen LogP contribution in [0, 0.1) is 0 Å². The highest BCUT2D eigenvalue weighted by Gasteiger charge is 2.24. The number of carbonyl (C=O) groups excluding carboxylic acids is 1. The van der Waals surface area contributed by atoms with Crippen LogP contribution in [0.1, 0.15) is 24.2 Å². The van der Waals surface area contributed by atoms with Gasteiger partial charge in [0, 0.05) is 12.1 Å². The van der Waals surface area contributed by atoms with E-state index in [0.29, 0.717) is 27.7 Å². The van der Waals surface area contributed by atoms with Crippen LogP contribution in [0.25, 0.3) is 10.2 Å². The number of fused-ring (bicyclic) bond motifs is 1. The van der Waals surface area contributed by atoms with Gasteiger partial charge in [0.2, 0.25) is 0 Å². The number of hydrogen-bond acceptors (Lipinski definition) is 8. The summed E-state index contributed by atoms with van der Waals surface area (Å²) in [5.74, 6) is 0.681. The van der Waals surface area contributed by atoms with Gasteiger partial charge in [-0.3, -0.25) is 10.1 Å². The van der Waals surface area contributed by atoms with Gasteiger partial charge < -0.3 is 14.2 Å². The van der Waals surface area contributed by atoms with Crippen LogP contribution in [0.2, 0.25) is 0 Å². The lowest BCUT2D eigenvalue weighted by molar-refractivity contribution is -0.128.